The molecule has 114 valence electrons. The summed E-state index contributed by atoms with van der Waals surface area (Å²) in [4.78, 5) is 11.4. The number of amides is 1. The van der Waals surface area contributed by atoms with Crippen LogP contribution in [0.1, 0.15) is 38.7 Å². The van der Waals surface area contributed by atoms with Crippen molar-refractivity contribution in [2.24, 2.45) is 17.6 Å². The first-order valence-electron chi connectivity index (χ1n) is 7.88. The van der Waals surface area contributed by atoms with Gasteiger partial charge in [0.05, 0.1) is 0 Å². The number of carbonyl (C=O) groups excluding carboxylic acids is 1. The summed E-state index contributed by atoms with van der Waals surface area (Å²) in [7, 11) is 0. The van der Waals surface area contributed by atoms with Crippen LogP contribution in [0.15, 0.2) is 18.2 Å². The average molecular weight is 288 g/mol. The Bertz CT molecular complexity index is 532. The first kappa shape index (κ1) is 14.4. The highest BCUT2D eigenvalue weighted by Gasteiger charge is 2.33. The highest BCUT2D eigenvalue weighted by Crippen LogP contribution is 2.33. The summed E-state index contributed by atoms with van der Waals surface area (Å²) < 4.78 is 6.18. The van der Waals surface area contributed by atoms with Crippen LogP contribution in [0.25, 0.3) is 0 Å². The van der Waals surface area contributed by atoms with E-state index in [1.165, 1.54) is 6.42 Å². The lowest BCUT2D eigenvalue weighted by molar-refractivity contribution is -0.116. The van der Waals surface area contributed by atoms with Crippen LogP contribution in [-0.4, -0.2) is 18.1 Å². The van der Waals surface area contributed by atoms with Gasteiger partial charge in [0.2, 0.25) is 5.91 Å². The van der Waals surface area contributed by atoms with Gasteiger partial charge in [-0.25, -0.2) is 0 Å². The third kappa shape index (κ3) is 3.05. The van der Waals surface area contributed by atoms with Crippen molar-refractivity contribution in [2.45, 2.75) is 51.7 Å². The van der Waals surface area contributed by atoms with E-state index in [0.29, 0.717) is 18.3 Å². The van der Waals surface area contributed by atoms with Gasteiger partial charge in [0.25, 0.3) is 0 Å². The van der Waals surface area contributed by atoms with Crippen LogP contribution < -0.4 is 15.8 Å². The van der Waals surface area contributed by atoms with Crippen molar-refractivity contribution < 1.29 is 9.53 Å². The number of ether oxygens (including phenoxy) is 1. The van der Waals surface area contributed by atoms with Crippen LogP contribution in [-0.2, 0) is 11.2 Å². The third-order valence-electron chi connectivity index (χ3n) is 4.68. The second-order valence-electron chi connectivity index (χ2n) is 6.67. The van der Waals surface area contributed by atoms with Crippen LogP contribution in [0.2, 0.25) is 0 Å². The molecular weight excluding hydrogens is 264 g/mol. The standard InChI is InChI=1S/C17H24N2O2/c1-10-7-11(2)17(14(18)8-10)21-13-4-5-15-12(9-13)3-6-16(20)19-15/h4-5,9-11,14,17H,3,6-8,18H2,1-2H3,(H,19,20). The summed E-state index contributed by atoms with van der Waals surface area (Å²) in [6.45, 7) is 4.48. The molecular formula is C17H24N2O2. The third-order valence-corrected chi connectivity index (χ3v) is 4.68. The molecule has 1 heterocycles. The van der Waals surface area contributed by atoms with Crippen LogP contribution in [0, 0.1) is 11.8 Å². The topological polar surface area (TPSA) is 64.3 Å². The van der Waals surface area contributed by atoms with E-state index in [-0.39, 0.29) is 18.1 Å². The van der Waals surface area contributed by atoms with Crippen molar-refractivity contribution in [1.29, 1.82) is 0 Å². The molecule has 1 aromatic rings. The Morgan fingerprint density at radius 2 is 2.05 bits per heavy atom. The Morgan fingerprint density at radius 1 is 1.24 bits per heavy atom. The second-order valence-corrected chi connectivity index (χ2v) is 6.67. The van der Waals surface area contributed by atoms with Gasteiger partial charge in [-0.15, -0.1) is 0 Å². The molecule has 1 saturated carbocycles. The number of aryl methyl sites for hydroxylation is 1. The molecule has 0 aromatic heterocycles. The highest BCUT2D eigenvalue weighted by atomic mass is 16.5. The van der Waals surface area contributed by atoms with E-state index in [0.717, 1.165) is 29.8 Å². The Hall–Kier alpha value is -1.55. The monoisotopic (exact) mass is 288 g/mol. The van der Waals surface area contributed by atoms with Gasteiger partial charge in [-0.3, -0.25) is 4.79 Å². The van der Waals surface area contributed by atoms with Gasteiger partial charge in [0.15, 0.2) is 0 Å². The molecule has 0 bridgehead atoms. The molecule has 4 atom stereocenters. The van der Waals surface area contributed by atoms with Crippen molar-refractivity contribution >= 4 is 11.6 Å². The fourth-order valence-electron chi connectivity index (χ4n) is 3.68. The van der Waals surface area contributed by atoms with E-state index >= 15 is 0 Å². The lowest BCUT2D eigenvalue weighted by Gasteiger charge is -2.37. The number of carbonyl (C=O) groups is 1. The molecule has 3 N–H and O–H groups in total. The van der Waals surface area contributed by atoms with Gasteiger partial charge in [0.1, 0.15) is 11.9 Å². The molecule has 0 spiro atoms. The van der Waals surface area contributed by atoms with E-state index < -0.39 is 0 Å². The SMILES string of the molecule is CC1CC(C)C(Oc2ccc3c(c2)CCC(=O)N3)C(N)C1. The lowest BCUT2D eigenvalue weighted by Crippen LogP contribution is -2.48. The van der Waals surface area contributed by atoms with Crippen LogP contribution in [0.3, 0.4) is 0 Å². The Kier molecular flexibility index (Phi) is 3.89. The summed E-state index contributed by atoms with van der Waals surface area (Å²) in [5, 5.41) is 2.89. The molecule has 1 aliphatic carbocycles. The lowest BCUT2D eigenvalue weighted by atomic mass is 9.78. The minimum Gasteiger partial charge on any atom is -0.489 e. The van der Waals surface area contributed by atoms with Gasteiger partial charge in [-0.1, -0.05) is 13.8 Å². The van der Waals surface area contributed by atoms with E-state index in [1.54, 1.807) is 0 Å². The normalized spacial score (nSPS) is 32.2. The van der Waals surface area contributed by atoms with E-state index in [9.17, 15) is 4.79 Å². The molecule has 4 heteroatoms. The van der Waals surface area contributed by atoms with Gasteiger partial charge in [-0.2, -0.15) is 0 Å². The van der Waals surface area contributed by atoms with Crippen LogP contribution in [0.5, 0.6) is 5.75 Å². The van der Waals surface area contributed by atoms with Crippen LogP contribution in [0.4, 0.5) is 5.69 Å². The largest absolute Gasteiger partial charge is 0.489 e. The summed E-state index contributed by atoms with van der Waals surface area (Å²) >= 11 is 0. The number of nitrogens with one attached hydrogen (secondary N) is 1. The maximum Gasteiger partial charge on any atom is 0.224 e. The second kappa shape index (κ2) is 5.68. The molecule has 2 aliphatic rings. The minimum atomic E-state index is 0.0810. The van der Waals surface area contributed by atoms with Crippen molar-refractivity contribution in [2.75, 3.05) is 5.32 Å². The maximum absolute atomic E-state index is 11.4. The summed E-state index contributed by atoms with van der Waals surface area (Å²) in [5.74, 6) is 2.10. The van der Waals surface area contributed by atoms with Crippen LogP contribution >= 0.6 is 0 Å². The maximum atomic E-state index is 11.4. The van der Waals surface area contributed by atoms with Gasteiger partial charge >= 0.3 is 0 Å². The molecule has 0 radical (unpaired) electrons. The van der Waals surface area contributed by atoms with Gasteiger partial charge in [-0.05, 0) is 54.9 Å². The zero-order valence-corrected chi connectivity index (χ0v) is 12.8. The number of hydrogen-bond acceptors (Lipinski definition) is 3. The van der Waals surface area contributed by atoms with E-state index in [2.05, 4.69) is 19.2 Å². The van der Waals surface area contributed by atoms with Crippen molar-refractivity contribution in [3.8, 4) is 5.75 Å². The Balaban J connectivity index is 1.74. The average Bonchev–Trinajstić information content (AvgIpc) is 2.43. The van der Waals surface area contributed by atoms with Gasteiger partial charge in [0, 0.05) is 18.2 Å². The molecule has 3 rings (SSSR count). The van der Waals surface area contributed by atoms with E-state index in [4.69, 9.17) is 10.5 Å². The molecule has 1 aromatic carbocycles. The molecule has 1 amide bonds. The number of rotatable bonds is 2. The molecule has 1 fully saturated rings. The number of fused-ring (bicyclic) bond motifs is 1. The smallest absolute Gasteiger partial charge is 0.224 e. The first-order chi connectivity index (χ1) is 10.0. The highest BCUT2D eigenvalue weighted by molar-refractivity contribution is 5.93. The summed E-state index contributed by atoms with van der Waals surface area (Å²) in [5.41, 5.74) is 8.34. The number of anilines is 1. The molecule has 4 unspecified atom stereocenters. The molecule has 0 saturated heterocycles. The first-order valence-corrected chi connectivity index (χ1v) is 7.88. The zero-order chi connectivity index (χ0) is 15.0. The predicted molar refractivity (Wildman–Crippen MR) is 83.3 cm³/mol. The molecule has 1 aliphatic heterocycles. The molecule has 21 heavy (non-hydrogen) atoms. The van der Waals surface area contributed by atoms with E-state index in [1.807, 2.05) is 18.2 Å². The van der Waals surface area contributed by atoms with Crippen molar-refractivity contribution in [1.82, 2.24) is 0 Å². The van der Waals surface area contributed by atoms with Crippen molar-refractivity contribution in [3.05, 3.63) is 23.8 Å². The zero-order valence-electron chi connectivity index (χ0n) is 12.8. The molecule has 4 nitrogen and oxygen atoms in total. The number of benzene rings is 1. The quantitative estimate of drug-likeness (QED) is 0.879. The number of hydrogen-bond donors (Lipinski definition) is 2. The van der Waals surface area contributed by atoms with Gasteiger partial charge < -0.3 is 15.8 Å². The predicted octanol–water partition coefficient (Wildman–Crippen LogP) is 2.71. The van der Waals surface area contributed by atoms with Crippen molar-refractivity contribution in [3.63, 3.8) is 0 Å². The summed E-state index contributed by atoms with van der Waals surface area (Å²) in [6.07, 6.45) is 3.60. The Labute approximate surface area is 126 Å². The summed E-state index contributed by atoms with van der Waals surface area (Å²) in [6, 6.07) is 6.01. The fourth-order valence-corrected chi connectivity index (χ4v) is 3.68. The minimum absolute atomic E-state index is 0.0810. The number of nitrogens with two attached hydrogens (primary N) is 1. The Morgan fingerprint density at radius 3 is 2.81 bits per heavy atom. The fraction of sp³-hybridized carbons (Fsp3) is 0.588.